The Bertz CT molecular complexity index is 340. The number of carbonyl (C=O) groups excluding carboxylic acids is 2. The quantitative estimate of drug-likeness (QED) is 0.802. The van der Waals surface area contributed by atoms with Crippen LogP contribution in [-0.2, 0) is 9.53 Å². The van der Waals surface area contributed by atoms with Crippen LogP contribution in [-0.4, -0.2) is 67.7 Å². The van der Waals surface area contributed by atoms with Gasteiger partial charge in [-0.1, -0.05) is 0 Å². The summed E-state index contributed by atoms with van der Waals surface area (Å²) in [7, 11) is 3.96. The number of ether oxygens (including phenoxy) is 1. The molecular formula is C13H23N3O3. The van der Waals surface area contributed by atoms with E-state index in [1.807, 2.05) is 14.1 Å². The van der Waals surface area contributed by atoms with Crippen LogP contribution in [0.3, 0.4) is 0 Å². The first-order valence-electron chi connectivity index (χ1n) is 6.96. The van der Waals surface area contributed by atoms with Crippen molar-refractivity contribution in [2.75, 3.05) is 33.8 Å². The number of carbonyl (C=O) groups is 2. The highest BCUT2D eigenvalue weighted by molar-refractivity contribution is 5.94. The van der Waals surface area contributed by atoms with Gasteiger partial charge in [0.2, 0.25) is 5.91 Å². The lowest BCUT2D eigenvalue weighted by molar-refractivity contribution is -0.129. The van der Waals surface area contributed by atoms with E-state index in [-0.39, 0.29) is 5.91 Å². The predicted octanol–water partition coefficient (Wildman–Crippen LogP) is 0.428. The molecule has 6 nitrogen and oxygen atoms in total. The molecule has 0 aromatic carbocycles. The largest absolute Gasteiger partial charge is 0.447 e. The smallest absolute Gasteiger partial charge is 0.416 e. The standard InChI is InChI=1S/C13H23N3O3/c1-14-10-3-5-11(6-4-10)15(2)9-12(17)16-7-8-19-13(16)18/h10-11,14H,3-9H2,1-2H3. The second kappa shape index (κ2) is 6.34. The van der Waals surface area contributed by atoms with Crippen LogP contribution < -0.4 is 5.32 Å². The molecule has 1 aliphatic heterocycles. The maximum atomic E-state index is 12.0. The molecule has 2 amide bonds. The van der Waals surface area contributed by atoms with Gasteiger partial charge in [0.25, 0.3) is 0 Å². The summed E-state index contributed by atoms with van der Waals surface area (Å²) in [4.78, 5) is 26.6. The first-order valence-corrected chi connectivity index (χ1v) is 6.96. The normalized spacial score (nSPS) is 27.7. The average Bonchev–Trinajstić information content (AvgIpc) is 2.85. The number of amides is 2. The fraction of sp³-hybridized carbons (Fsp3) is 0.846. The van der Waals surface area contributed by atoms with E-state index in [9.17, 15) is 9.59 Å². The molecule has 2 fully saturated rings. The Balaban J connectivity index is 1.79. The second-order valence-corrected chi connectivity index (χ2v) is 5.37. The summed E-state index contributed by atoms with van der Waals surface area (Å²) in [6.45, 7) is 1.00. The van der Waals surface area contributed by atoms with Gasteiger partial charge in [0, 0.05) is 12.1 Å². The van der Waals surface area contributed by atoms with Gasteiger partial charge in [0.15, 0.2) is 0 Å². The average molecular weight is 269 g/mol. The van der Waals surface area contributed by atoms with Gasteiger partial charge in [-0.25, -0.2) is 9.69 Å². The van der Waals surface area contributed by atoms with E-state index in [0.29, 0.717) is 31.8 Å². The molecule has 108 valence electrons. The van der Waals surface area contributed by atoms with Gasteiger partial charge in [-0.2, -0.15) is 0 Å². The highest BCUT2D eigenvalue weighted by atomic mass is 16.6. The van der Waals surface area contributed by atoms with Crippen molar-refractivity contribution in [3.05, 3.63) is 0 Å². The SMILES string of the molecule is CNC1CCC(N(C)CC(=O)N2CCOC2=O)CC1. The van der Waals surface area contributed by atoms with Crippen LogP contribution in [0.1, 0.15) is 25.7 Å². The number of hydrogen-bond donors (Lipinski definition) is 1. The molecule has 2 aliphatic rings. The molecule has 6 heteroatoms. The van der Waals surface area contributed by atoms with Crippen LogP contribution >= 0.6 is 0 Å². The monoisotopic (exact) mass is 269 g/mol. The molecule has 0 bridgehead atoms. The summed E-state index contributed by atoms with van der Waals surface area (Å²) < 4.78 is 4.78. The minimum absolute atomic E-state index is 0.152. The van der Waals surface area contributed by atoms with E-state index in [2.05, 4.69) is 10.2 Å². The van der Waals surface area contributed by atoms with E-state index in [4.69, 9.17) is 4.74 Å². The molecule has 0 spiro atoms. The molecule has 0 unspecified atom stereocenters. The predicted molar refractivity (Wildman–Crippen MR) is 70.8 cm³/mol. The third kappa shape index (κ3) is 3.45. The van der Waals surface area contributed by atoms with Gasteiger partial charge in [0.05, 0.1) is 13.1 Å². The zero-order chi connectivity index (χ0) is 13.8. The molecule has 19 heavy (non-hydrogen) atoms. The Labute approximate surface area is 114 Å². The first-order chi connectivity index (χ1) is 9.11. The Kier molecular flexibility index (Phi) is 4.76. The van der Waals surface area contributed by atoms with Crippen molar-refractivity contribution in [1.29, 1.82) is 0 Å². The molecule has 1 saturated heterocycles. The van der Waals surface area contributed by atoms with Crippen LogP contribution in [0.5, 0.6) is 0 Å². The van der Waals surface area contributed by atoms with Crippen molar-refractivity contribution in [2.45, 2.75) is 37.8 Å². The number of rotatable bonds is 4. The van der Waals surface area contributed by atoms with E-state index in [1.165, 1.54) is 4.90 Å². The number of likely N-dealkylation sites (N-methyl/N-ethyl adjacent to an activating group) is 1. The molecule has 1 aliphatic carbocycles. The fourth-order valence-corrected chi connectivity index (χ4v) is 2.85. The molecule has 1 saturated carbocycles. The minimum atomic E-state index is -0.503. The Morgan fingerprint density at radius 2 is 2.11 bits per heavy atom. The molecule has 0 aromatic heterocycles. The second-order valence-electron chi connectivity index (χ2n) is 5.37. The number of imide groups is 1. The van der Waals surface area contributed by atoms with Gasteiger partial charge < -0.3 is 10.1 Å². The van der Waals surface area contributed by atoms with Crippen molar-refractivity contribution in [3.8, 4) is 0 Å². The molecule has 1 N–H and O–H groups in total. The zero-order valence-electron chi connectivity index (χ0n) is 11.7. The van der Waals surface area contributed by atoms with Crippen LogP contribution in [0, 0.1) is 0 Å². The van der Waals surface area contributed by atoms with Crippen molar-refractivity contribution in [1.82, 2.24) is 15.1 Å². The van der Waals surface area contributed by atoms with Gasteiger partial charge in [-0.05, 0) is 39.8 Å². The van der Waals surface area contributed by atoms with Gasteiger partial charge in [0.1, 0.15) is 6.61 Å². The fourth-order valence-electron chi connectivity index (χ4n) is 2.85. The van der Waals surface area contributed by atoms with Gasteiger partial charge in [-0.15, -0.1) is 0 Å². The lowest BCUT2D eigenvalue weighted by Crippen LogP contribution is -2.45. The van der Waals surface area contributed by atoms with E-state index in [0.717, 1.165) is 25.7 Å². The topological polar surface area (TPSA) is 61.9 Å². The van der Waals surface area contributed by atoms with Crippen molar-refractivity contribution in [3.63, 3.8) is 0 Å². The molecule has 0 atom stereocenters. The number of nitrogens with zero attached hydrogens (tertiary/aromatic N) is 2. The highest BCUT2D eigenvalue weighted by Gasteiger charge is 2.31. The van der Waals surface area contributed by atoms with Crippen molar-refractivity contribution >= 4 is 12.0 Å². The summed E-state index contributed by atoms with van der Waals surface area (Å²) in [5.41, 5.74) is 0. The van der Waals surface area contributed by atoms with Gasteiger partial charge >= 0.3 is 6.09 Å². The number of nitrogens with one attached hydrogen (secondary N) is 1. The maximum Gasteiger partial charge on any atom is 0.416 e. The summed E-state index contributed by atoms with van der Waals surface area (Å²) in [5.74, 6) is -0.152. The molecular weight excluding hydrogens is 246 g/mol. The summed E-state index contributed by atoms with van der Waals surface area (Å²) in [5, 5.41) is 3.30. The summed E-state index contributed by atoms with van der Waals surface area (Å²) in [6.07, 6.45) is 3.98. The van der Waals surface area contributed by atoms with Crippen molar-refractivity contribution < 1.29 is 14.3 Å². The third-order valence-corrected chi connectivity index (χ3v) is 4.17. The van der Waals surface area contributed by atoms with Crippen molar-refractivity contribution in [2.24, 2.45) is 0 Å². The Hall–Kier alpha value is -1.14. The van der Waals surface area contributed by atoms with Gasteiger partial charge in [-0.3, -0.25) is 9.69 Å². The van der Waals surface area contributed by atoms with Crippen LogP contribution in [0.25, 0.3) is 0 Å². The van der Waals surface area contributed by atoms with Crippen LogP contribution in [0.15, 0.2) is 0 Å². The highest BCUT2D eigenvalue weighted by Crippen LogP contribution is 2.22. The zero-order valence-corrected chi connectivity index (χ0v) is 11.7. The molecule has 0 radical (unpaired) electrons. The molecule has 2 rings (SSSR count). The summed E-state index contributed by atoms with van der Waals surface area (Å²) in [6, 6.07) is 1.04. The van der Waals surface area contributed by atoms with E-state index in [1.54, 1.807) is 0 Å². The molecule has 0 aromatic rings. The maximum absolute atomic E-state index is 12.0. The first kappa shape index (κ1) is 14.3. The summed E-state index contributed by atoms with van der Waals surface area (Å²) >= 11 is 0. The van der Waals surface area contributed by atoms with E-state index >= 15 is 0 Å². The Morgan fingerprint density at radius 1 is 1.42 bits per heavy atom. The van der Waals surface area contributed by atoms with Crippen LogP contribution in [0.2, 0.25) is 0 Å². The Morgan fingerprint density at radius 3 is 2.63 bits per heavy atom. The minimum Gasteiger partial charge on any atom is -0.447 e. The lowest BCUT2D eigenvalue weighted by Gasteiger charge is -2.34. The number of hydrogen-bond acceptors (Lipinski definition) is 5. The van der Waals surface area contributed by atoms with E-state index < -0.39 is 6.09 Å². The lowest BCUT2D eigenvalue weighted by atomic mass is 9.90. The molecule has 1 heterocycles. The number of cyclic esters (lactones) is 1. The third-order valence-electron chi connectivity index (χ3n) is 4.17. The van der Waals surface area contributed by atoms with Crippen LogP contribution in [0.4, 0.5) is 4.79 Å².